The smallest absolute Gasteiger partial charge is 0.327 e. The van der Waals surface area contributed by atoms with Crippen LogP contribution in [0.5, 0.6) is 5.75 Å². The van der Waals surface area contributed by atoms with Crippen LogP contribution in [-0.2, 0) is 9.53 Å². The van der Waals surface area contributed by atoms with Gasteiger partial charge >= 0.3 is 5.97 Å². The normalized spacial score (nSPS) is 12.3. The quantitative estimate of drug-likeness (QED) is 0.803. The molecule has 4 heteroatoms. The first-order valence-corrected chi connectivity index (χ1v) is 6.45. The molecule has 1 atom stereocenters. The van der Waals surface area contributed by atoms with Gasteiger partial charge in [0.2, 0.25) is 0 Å². The summed E-state index contributed by atoms with van der Waals surface area (Å²) in [6.07, 6.45) is 0. The van der Waals surface area contributed by atoms with Crippen molar-refractivity contribution in [3.63, 3.8) is 0 Å². The molecule has 0 spiro atoms. The fourth-order valence-corrected chi connectivity index (χ4v) is 1.89. The molecule has 0 saturated heterocycles. The second kappa shape index (κ2) is 7.14. The third kappa shape index (κ3) is 4.24. The Morgan fingerprint density at radius 1 is 1.32 bits per heavy atom. The van der Waals surface area contributed by atoms with Gasteiger partial charge in [-0.05, 0) is 36.6 Å². The number of rotatable bonds is 6. The predicted molar refractivity (Wildman–Crippen MR) is 75.3 cm³/mol. The van der Waals surface area contributed by atoms with Gasteiger partial charge in [0.1, 0.15) is 11.8 Å². The molecular weight excluding hydrogens is 242 g/mol. The first kappa shape index (κ1) is 15.5. The molecule has 0 saturated carbocycles. The fraction of sp³-hybridized carbons (Fsp3) is 0.533. The number of carbonyl (C=O) groups excluding carboxylic acids is 1. The summed E-state index contributed by atoms with van der Waals surface area (Å²) in [5, 5.41) is 3.24. The summed E-state index contributed by atoms with van der Waals surface area (Å²) in [7, 11) is 3.04. The first-order valence-electron chi connectivity index (χ1n) is 6.45. The number of nitrogens with one attached hydrogen (secondary N) is 1. The topological polar surface area (TPSA) is 47.6 Å². The van der Waals surface area contributed by atoms with E-state index in [1.165, 1.54) is 7.11 Å². The molecule has 19 heavy (non-hydrogen) atoms. The molecule has 0 radical (unpaired) electrons. The Balaban J connectivity index is 2.96. The SMILES string of the molecule is COC(=O)C(NCC(C)C)c1ccc(OC)c(C)c1. The van der Waals surface area contributed by atoms with Crippen molar-refractivity contribution in [3.8, 4) is 5.75 Å². The van der Waals surface area contributed by atoms with Crippen LogP contribution in [0, 0.1) is 12.8 Å². The lowest BCUT2D eigenvalue weighted by molar-refractivity contribution is -0.143. The average Bonchev–Trinajstić information content (AvgIpc) is 2.38. The van der Waals surface area contributed by atoms with Crippen molar-refractivity contribution in [2.45, 2.75) is 26.8 Å². The van der Waals surface area contributed by atoms with Gasteiger partial charge < -0.3 is 14.8 Å². The van der Waals surface area contributed by atoms with Crippen LogP contribution in [0.4, 0.5) is 0 Å². The summed E-state index contributed by atoms with van der Waals surface area (Å²) in [6, 6.07) is 5.28. The van der Waals surface area contributed by atoms with Crippen LogP contribution >= 0.6 is 0 Å². The maximum absolute atomic E-state index is 11.9. The molecule has 1 aromatic rings. The van der Waals surface area contributed by atoms with Crippen LogP contribution < -0.4 is 10.1 Å². The van der Waals surface area contributed by atoms with Gasteiger partial charge in [-0.15, -0.1) is 0 Å². The van der Waals surface area contributed by atoms with Crippen molar-refractivity contribution < 1.29 is 14.3 Å². The van der Waals surface area contributed by atoms with Crippen molar-refractivity contribution in [2.24, 2.45) is 5.92 Å². The van der Waals surface area contributed by atoms with E-state index in [4.69, 9.17) is 9.47 Å². The zero-order valence-corrected chi connectivity index (χ0v) is 12.3. The summed E-state index contributed by atoms with van der Waals surface area (Å²) in [5.41, 5.74) is 1.89. The lowest BCUT2D eigenvalue weighted by Crippen LogP contribution is -2.32. The van der Waals surface area contributed by atoms with Gasteiger partial charge in [-0.2, -0.15) is 0 Å². The number of hydrogen-bond donors (Lipinski definition) is 1. The third-order valence-electron chi connectivity index (χ3n) is 2.92. The fourth-order valence-electron chi connectivity index (χ4n) is 1.89. The minimum atomic E-state index is -0.433. The molecule has 0 heterocycles. The highest BCUT2D eigenvalue weighted by Gasteiger charge is 2.21. The zero-order chi connectivity index (χ0) is 14.4. The average molecular weight is 265 g/mol. The molecule has 0 bridgehead atoms. The molecule has 106 valence electrons. The molecule has 0 aliphatic rings. The lowest BCUT2D eigenvalue weighted by Gasteiger charge is -2.19. The molecule has 0 aromatic heterocycles. The summed E-state index contributed by atoms with van der Waals surface area (Å²) in [6.45, 7) is 6.91. The highest BCUT2D eigenvalue weighted by molar-refractivity contribution is 5.77. The molecule has 0 aliphatic carbocycles. The standard InChI is InChI=1S/C15H23NO3/c1-10(2)9-16-14(15(17)19-5)12-6-7-13(18-4)11(3)8-12/h6-8,10,14,16H,9H2,1-5H3. The highest BCUT2D eigenvalue weighted by Crippen LogP contribution is 2.23. The zero-order valence-electron chi connectivity index (χ0n) is 12.3. The van der Waals surface area contributed by atoms with Gasteiger partial charge in [-0.3, -0.25) is 0 Å². The number of aryl methyl sites for hydroxylation is 1. The summed E-state index contributed by atoms with van der Waals surface area (Å²) < 4.78 is 10.1. The largest absolute Gasteiger partial charge is 0.496 e. The van der Waals surface area contributed by atoms with Crippen LogP contribution in [-0.4, -0.2) is 26.7 Å². The second-order valence-corrected chi connectivity index (χ2v) is 4.99. The van der Waals surface area contributed by atoms with E-state index in [-0.39, 0.29) is 5.97 Å². The van der Waals surface area contributed by atoms with E-state index in [1.807, 2.05) is 25.1 Å². The van der Waals surface area contributed by atoms with Crippen LogP contribution in [0.15, 0.2) is 18.2 Å². The molecule has 0 aliphatic heterocycles. The Morgan fingerprint density at radius 2 is 2.00 bits per heavy atom. The molecule has 1 rings (SSSR count). The third-order valence-corrected chi connectivity index (χ3v) is 2.92. The Hall–Kier alpha value is -1.55. The van der Waals surface area contributed by atoms with Gasteiger partial charge in [0.15, 0.2) is 0 Å². The maximum Gasteiger partial charge on any atom is 0.327 e. The highest BCUT2D eigenvalue weighted by atomic mass is 16.5. The van der Waals surface area contributed by atoms with Crippen LogP contribution in [0.2, 0.25) is 0 Å². The number of benzene rings is 1. The van der Waals surface area contributed by atoms with E-state index < -0.39 is 6.04 Å². The second-order valence-electron chi connectivity index (χ2n) is 4.99. The molecular formula is C15H23NO3. The summed E-state index contributed by atoms with van der Waals surface area (Å²) >= 11 is 0. The monoisotopic (exact) mass is 265 g/mol. The van der Waals surface area contributed by atoms with Crippen molar-refractivity contribution in [1.29, 1.82) is 0 Å². The minimum absolute atomic E-state index is 0.273. The number of methoxy groups -OCH3 is 2. The van der Waals surface area contributed by atoms with E-state index in [0.29, 0.717) is 5.92 Å². The van der Waals surface area contributed by atoms with E-state index >= 15 is 0 Å². The van der Waals surface area contributed by atoms with E-state index in [2.05, 4.69) is 19.2 Å². The lowest BCUT2D eigenvalue weighted by atomic mass is 10.0. The maximum atomic E-state index is 11.9. The van der Waals surface area contributed by atoms with E-state index in [1.54, 1.807) is 7.11 Å². The van der Waals surface area contributed by atoms with Gasteiger partial charge in [0.05, 0.1) is 14.2 Å². The number of ether oxygens (including phenoxy) is 2. The van der Waals surface area contributed by atoms with Crippen molar-refractivity contribution in [3.05, 3.63) is 29.3 Å². The van der Waals surface area contributed by atoms with Crippen LogP contribution in [0.3, 0.4) is 0 Å². The molecule has 0 amide bonds. The van der Waals surface area contributed by atoms with E-state index in [9.17, 15) is 4.79 Å². The van der Waals surface area contributed by atoms with E-state index in [0.717, 1.165) is 23.4 Å². The van der Waals surface area contributed by atoms with Gasteiger partial charge in [0, 0.05) is 0 Å². The first-order chi connectivity index (χ1) is 8.99. The molecule has 0 fully saturated rings. The molecule has 4 nitrogen and oxygen atoms in total. The Labute approximate surface area is 115 Å². The Kier molecular flexibility index (Phi) is 5.83. The number of esters is 1. The summed E-state index contributed by atoms with van der Waals surface area (Å²) in [5.74, 6) is 1.01. The van der Waals surface area contributed by atoms with Gasteiger partial charge in [-0.1, -0.05) is 26.0 Å². The van der Waals surface area contributed by atoms with Crippen molar-refractivity contribution in [1.82, 2.24) is 5.32 Å². The van der Waals surface area contributed by atoms with Crippen LogP contribution in [0.25, 0.3) is 0 Å². The molecule has 1 unspecified atom stereocenters. The summed E-state index contributed by atoms with van der Waals surface area (Å²) in [4.78, 5) is 11.9. The Morgan fingerprint density at radius 3 is 2.47 bits per heavy atom. The van der Waals surface area contributed by atoms with Crippen molar-refractivity contribution >= 4 is 5.97 Å². The van der Waals surface area contributed by atoms with Gasteiger partial charge in [-0.25, -0.2) is 4.79 Å². The van der Waals surface area contributed by atoms with Gasteiger partial charge in [0.25, 0.3) is 0 Å². The Bertz CT molecular complexity index is 429. The number of carbonyl (C=O) groups is 1. The minimum Gasteiger partial charge on any atom is -0.496 e. The number of hydrogen-bond acceptors (Lipinski definition) is 4. The van der Waals surface area contributed by atoms with Crippen LogP contribution in [0.1, 0.15) is 31.0 Å². The predicted octanol–water partition coefficient (Wildman–Crippen LogP) is 2.46. The molecule has 1 N–H and O–H groups in total. The molecule has 1 aromatic carbocycles. The van der Waals surface area contributed by atoms with Crippen molar-refractivity contribution in [2.75, 3.05) is 20.8 Å².